The molecule has 6 heteroatoms. The molecule has 0 saturated heterocycles. The van der Waals surface area contributed by atoms with Crippen molar-refractivity contribution in [2.75, 3.05) is 7.11 Å². The molecule has 0 radical (unpaired) electrons. The predicted octanol–water partition coefficient (Wildman–Crippen LogP) is 3.36. The lowest BCUT2D eigenvalue weighted by Gasteiger charge is -2.36. The molecule has 0 aromatic heterocycles. The number of hydrogen-bond donors (Lipinski definition) is 1. The Morgan fingerprint density at radius 3 is 2.75 bits per heavy atom. The largest absolute Gasteiger partial charge is 0.573 e. The minimum atomic E-state index is -4.73. The standard InChI is InChI=1S/C14H17F3O3/c1-19-12-6-3-7-13(18,9-12)10-4-2-5-11(8-10)20-14(15,16)17/h2,4-5,8,12,18H,3,6-7,9H2,1H3. The van der Waals surface area contributed by atoms with Crippen LogP contribution in [0.15, 0.2) is 24.3 Å². The van der Waals surface area contributed by atoms with E-state index in [2.05, 4.69) is 4.74 Å². The lowest BCUT2D eigenvalue weighted by atomic mass is 9.78. The maximum Gasteiger partial charge on any atom is 0.573 e. The van der Waals surface area contributed by atoms with E-state index < -0.39 is 12.0 Å². The first kappa shape index (κ1) is 15.1. The SMILES string of the molecule is COC1CCCC(O)(c2cccc(OC(F)(F)F)c2)C1. The Balaban J connectivity index is 2.21. The zero-order valence-electron chi connectivity index (χ0n) is 11.1. The summed E-state index contributed by atoms with van der Waals surface area (Å²) in [6.07, 6.45) is -2.33. The molecular weight excluding hydrogens is 273 g/mol. The van der Waals surface area contributed by atoms with E-state index in [-0.39, 0.29) is 11.9 Å². The van der Waals surface area contributed by atoms with E-state index in [1.54, 1.807) is 13.2 Å². The molecule has 1 saturated carbocycles. The van der Waals surface area contributed by atoms with Gasteiger partial charge in [0.15, 0.2) is 0 Å². The second-order valence-electron chi connectivity index (χ2n) is 5.06. The molecule has 2 rings (SSSR count). The van der Waals surface area contributed by atoms with Crippen molar-refractivity contribution < 1.29 is 27.8 Å². The summed E-state index contributed by atoms with van der Waals surface area (Å²) >= 11 is 0. The molecule has 1 N–H and O–H groups in total. The molecule has 3 nitrogen and oxygen atoms in total. The molecule has 20 heavy (non-hydrogen) atoms. The van der Waals surface area contributed by atoms with E-state index in [9.17, 15) is 18.3 Å². The van der Waals surface area contributed by atoms with Gasteiger partial charge >= 0.3 is 6.36 Å². The third-order valence-electron chi connectivity index (χ3n) is 3.62. The van der Waals surface area contributed by atoms with Crippen LogP contribution in [0, 0.1) is 0 Å². The van der Waals surface area contributed by atoms with Crippen LogP contribution in [-0.4, -0.2) is 24.7 Å². The average molecular weight is 290 g/mol. The summed E-state index contributed by atoms with van der Waals surface area (Å²) in [6, 6.07) is 5.52. The third-order valence-corrected chi connectivity index (χ3v) is 3.62. The summed E-state index contributed by atoms with van der Waals surface area (Å²) in [6.45, 7) is 0. The van der Waals surface area contributed by atoms with Crippen LogP contribution in [0.2, 0.25) is 0 Å². The fraction of sp³-hybridized carbons (Fsp3) is 0.571. The Labute approximate surface area is 115 Å². The molecule has 0 bridgehead atoms. The molecule has 0 spiro atoms. The highest BCUT2D eigenvalue weighted by molar-refractivity contribution is 5.33. The monoisotopic (exact) mass is 290 g/mol. The molecule has 2 atom stereocenters. The van der Waals surface area contributed by atoms with Crippen molar-refractivity contribution >= 4 is 0 Å². The van der Waals surface area contributed by atoms with E-state index >= 15 is 0 Å². The number of benzene rings is 1. The summed E-state index contributed by atoms with van der Waals surface area (Å²) in [5, 5.41) is 10.7. The van der Waals surface area contributed by atoms with Crippen LogP contribution in [0.25, 0.3) is 0 Å². The quantitative estimate of drug-likeness (QED) is 0.927. The lowest BCUT2D eigenvalue weighted by Crippen LogP contribution is -2.35. The molecular formula is C14H17F3O3. The molecule has 0 aliphatic heterocycles. The van der Waals surface area contributed by atoms with Gasteiger partial charge in [-0.1, -0.05) is 12.1 Å². The van der Waals surface area contributed by atoms with Crippen molar-refractivity contribution in [2.24, 2.45) is 0 Å². The van der Waals surface area contributed by atoms with Gasteiger partial charge in [0.05, 0.1) is 11.7 Å². The van der Waals surface area contributed by atoms with E-state index in [0.29, 0.717) is 18.4 Å². The number of alkyl halides is 3. The van der Waals surface area contributed by atoms with Crippen LogP contribution in [0.1, 0.15) is 31.2 Å². The number of rotatable bonds is 3. The fourth-order valence-electron chi connectivity index (χ4n) is 2.65. The molecule has 2 unspecified atom stereocenters. The first-order valence-electron chi connectivity index (χ1n) is 6.44. The summed E-state index contributed by atoms with van der Waals surface area (Å²) in [4.78, 5) is 0. The smallest absolute Gasteiger partial charge is 0.406 e. The topological polar surface area (TPSA) is 38.7 Å². The maximum atomic E-state index is 12.2. The van der Waals surface area contributed by atoms with Gasteiger partial charge < -0.3 is 14.6 Å². The highest BCUT2D eigenvalue weighted by atomic mass is 19.4. The van der Waals surface area contributed by atoms with Crippen LogP contribution in [0.5, 0.6) is 5.75 Å². The van der Waals surface area contributed by atoms with Gasteiger partial charge in [-0.3, -0.25) is 0 Å². The summed E-state index contributed by atoms with van der Waals surface area (Å²) in [7, 11) is 1.57. The van der Waals surface area contributed by atoms with E-state index in [0.717, 1.165) is 12.8 Å². The Morgan fingerprint density at radius 2 is 2.10 bits per heavy atom. The van der Waals surface area contributed by atoms with E-state index in [1.807, 2.05) is 0 Å². The predicted molar refractivity (Wildman–Crippen MR) is 66.3 cm³/mol. The minimum Gasteiger partial charge on any atom is -0.406 e. The van der Waals surface area contributed by atoms with Gasteiger partial charge in [-0.15, -0.1) is 13.2 Å². The molecule has 1 aromatic rings. The molecule has 0 amide bonds. The van der Waals surface area contributed by atoms with E-state index in [1.165, 1.54) is 18.2 Å². The van der Waals surface area contributed by atoms with Gasteiger partial charge in [0.25, 0.3) is 0 Å². The highest BCUT2D eigenvalue weighted by Gasteiger charge is 2.37. The lowest BCUT2D eigenvalue weighted by molar-refractivity contribution is -0.274. The molecule has 1 aromatic carbocycles. The number of hydrogen-bond acceptors (Lipinski definition) is 3. The van der Waals surface area contributed by atoms with Crippen LogP contribution in [0.4, 0.5) is 13.2 Å². The van der Waals surface area contributed by atoms with Gasteiger partial charge in [-0.05, 0) is 37.0 Å². The van der Waals surface area contributed by atoms with Gasteiger partial charge in [0, 0.05) is 13.5 Å². The molecule has 1 aliphatic carbocycles. The van der Waals surface area contributed by atoms with Crippen molar-refractivity contribution in [3.05, 3.63) is 29.8 Å². The van der Waals surface area contributed by atoms with Crippen LogP contribution in [0.3, 0.4) is 0 Å². The van der Waals surface area contributed by atoms with Crippen molar-refractivity contribution in [1.82, 2.24) is 0 Å². The van der Waals surface area contributed by atoms with E-state index in [4.69, 9.17) is 4.74 Å². The molecule has 1 aliphatic rings. The first-order chi connectivity index (χ1) is 9.32. The van der Waals surface area contributed by atoms with Gasteiger partial charge in [-0.2, -0.15) is 0 Å². The first-order valence-corrected chi connectivity index (χ1v) is 6.44. The molecule has 112 valence electrons. The van der Waals surface area contributed by atoms with Crippen molar-refractivity contribution in [1.29, 1.82) is 0 Å². The normalized spacial score (nSPS) is 27.4. The molecule has 1 fully saturated rings. The second kappa shape index (κ2) is 5.61. The van der Waals surface area contributed by atoms with Gasteiger partial charge in [0.2, 0.25) is 0 Å². The second-order valence-corrected chi connectivity index (χ2v) is 5.06. The Kier molecular flexibility index (Phi) is 4.25. The fourth-order valence-corrected chi connectivity index (χ4v) is 2.65. The zero-order valence-corrected chi connectivity index (χ0v) is 11.1. The minimum absolute atomic E-state index is 0.0825. The average Bonchev–Trinajstić information content (AvgIpc) is 2.37. The number of methoxy groups -OCH3 is 1. The Morgan fingerprint density at radius 1 is 1.35 bits per heavy atom. The number of halogens is 3. The summed E-state index contributed by atoms with van der Waals surface area (Å²) in [5.41, 5.74) is -0.731. The summed E-state index contributed by atoms with van der Waals surface area (Å²) < 4.78 is 45.8. The molecule has 0 heterocycles. The Bertz CT molecular complexity index is 461. The van der Waals surface area contributed by atoms with Crippen LogP contribution < -0.4 is 4.74 Å². The maximum absolute atomic E-state index is 12.2. The summed E-state index contributed by atoms with van der Waals surface area (Å²) in [5.74, 6) is -0.317. The van der Waals surface area contributed by atoms with Crippen molar-refractivity contribution in [3.8, 4) is 5.75 Å². The Hall–Kier alpha value is -1.27. The van der Waals surface area contributed by atoms with Crippen LogP contribution >= 0.6 is 0 Å². The highest BCUT2D eigenvalue weighted by Crippen LogP contribution is 2.39. The number of aliphatic hydroxyl groups is 1. The van der Waals surface area contributed by atoms with Gasteiger partial charge in [0.1, 0.15) is 5.75 Å². The van der Waals surface area contributed by atoms with Crippen molar-refractivity contribution in [2.45, 2.75) is 43.8 Å². The van der Waals surface area contributed by atoms with Crippen molar-refractivity contribution in [3.63, 3.8) is 0 Å². The van der Waals surface area contributed by atoms with Gasteiger partial charge in [-0.25, -0.2) is 0 Å². The number of ether oxygens (including phenoxy) is 2. The van der Waals surface area contributed by atoms with Crippen LogP contribution in [-0.2, 0) is 10.3 Å². The third kappa shape index (κ3) is 3.64. The zero-order chi connectivity index (χ0) is 14.8.